The molecule has 0 saturated heterocycles. The van der Waals surface area contributed by atoms with Crippen molar-refractivity contribution in [3.05, 3.63) is 77.0 Å². The fraction of sp³-hybridized carbons (Fsp3) is 0.190. The minimum absolute atomic E-state index is 0.0792. The lowest BCUT2D eigenvalue weighted by atomic mass is 10.1. The van der Waals surface area contributed by atoms with E-state index in [1.807, 2.05) is 0 Å². The van der Waals surface area contributed by atoms with Gasteiger partial charge in [0, 0.05) is 5.69 Å². The van der Waals surface area contributed by atoms with Crippen molar-refractivity contribution in [1.82, 2.24) is 9.66 Å². The predicted octanol–water partition coefficient (Wildman–Crippen LogP) is 5.19. The van der Waals surface area contributed by atoms with Crippen LogP contribution in [0.3, 0.4) is 0 Å². The third-order valence-corrected chi connectivity index (χ3v) is 4.99. The zero-order chi connectivity index (χ0) is 24.0. The van der Waals surface area contributed by atoms with E-state index in [1.54, 1.807) is 11.8 Å². The second-order valence-electron chi connectivity index (χ2n) is 7.24. The molecule has 4 rings (SSSR count). The van der Waals surface area contributed by atoms with Crippen LogP contribution in [0.15, 0.2) is 60.0 Å². The highest BCUT2D eigenvalue weighted by Crippen LogP contribution is 2.37. The number of aromatic nitrogens is 2. The van der Waals surface area contributed by atoms with E-state index in [0.29, 0.717) is 22.8 Å². The van der Waals surface area contributed by atoms with Gasteiger partial charge in [-0.25, -0.2) is 9.66 Å². The molecule has 2 aromatic carbocycles. The van der Waals surface area contributed by atoms with Gasteiger partial charge in [-0.05, 0) is 48.9 Å². The minimum Gasteiger partial charge on any atom is -0.359 e. The molecule has 12 heteroatoms. The molecule has 1 aromatic heterocycles. The Kier molecular flexibility index (Phi) is 5.38. The number of hydrogen-bond acceptors (Lipinski definition) is 5. The topological polar surface area (TPSA) is 69.3 Å². The van der Waals surface area contributed by atoms with E-state index in [2.05, 4.69) is 15.4 Å². The van der Waals surface area contributed by atoms with E-state index in [9.17, 15) is 26.3 Å². The van der Waals surface area contributed by atoms with Gasteiger partial charge in [0.25, 0.3) is 0 Å². The fourth-order valence-electron chi connectivity index (χ4n) is 3.36. The van der Waals surface area contributed by atoms with Crippen LogP contribution in [-0.4, -0.2) is 22.0 Å². The third-order valence-electron chi connectivity index (χ3n) is 4.99. The summed E-state index contributed by atoms with van der Waals surface area (Å²) in [5, 5.41) is 15.5. The maximum atomic E-state index is 12.8. The van der Waals surface area contributed by atoms with E-state index in [1.165, 1.54) is 36.8 Å². The Morgan fingerprint density at radius 2 is 1.48 bits per heavy atom. The lowest BCUT2D eigenvalue weighted by molar-refractivity contribution is -0.138. The van der Waals surface area contributed by atoms with Crippen LogP contribution in [0.1, 0.15) is 23.6 Å². The maximum absolute atomic E-state index is 12.8. The van der Waals surface area contributed by atoms with E-state index >= 15 is 0 Å². The Hall–Kier alpha value is -3.83. The van der Waals surface area contributed by atoms with Crippen molar-refractivity contribution in [1.29, 1.82) is 5.41 Å². The maximum Gasteiger partial charge on any atom is 0.416 e. The smallest absolute Gasteiger partial charge is 0.359 e. The molecular formula is C21H16F6N6. The molecule has 3 aromatic rings. The molecule has 0 radical (unpaired) electrons. The van der Waals surface area contributed by atoms with Crippen LogP contribution in [0.5, 0.6) is 0 Å². The average Bonchev–Trinajstić information content (AvgIpc) is 3.09. The highest BCUT2D eigenvalue weighted by Gasteiger charge is 2.33. The molecule has 0 spiro atoms. The Morgan fingerprint density at radius 1 is 0.939 bits per heavy atom. The van der Waals surface area contributed by atoms with Gasteiger partial charge in [0.2, 0.25) is 0 Å². The largest absolute Gasteiger partial charge is 0.416 e. The standard InChI is InChI=1S/C21H16F6N6/c1-12-31-17-18(28)32(30-10-13-2-4-14(5-3-13)20(22,23)24)11-29-19(17)33(12)16-8-6-15(7-9-16)21(25,26)27/h2-12,28,31H,1H3/b28-18?,30-10-. The summed E-state index contributed by atoms with van der Waals surface area (Å²) in [4.78, 5) is 5.93. The molecule has 2 heterocycles. The van der Waals surface area contributed by atoms with Gasteiger partial charge in [-0.15, -0.1) is 0 Å². The van der Waals surface area contributed by atoms with Gasteiger partial charge in [-0.2, -0.15) is 31.4 Å². The van der Waals surface area contributed by atoms with Gasteiger partial charge in [0.1, 0.15) is 18.2 Å². The number of hydrogen-bond donors (Lipinski definition) is 2. The van der Waals surface area contributed by atoms with Crippen molar-refractivity contribution in [3.8, 4) is 0 Å². The molecule has 172 valence electrons. The molecule has 0 fully saturated rings. The van der Waals surface area contributed by atoms with Crippen molar-refractivity contribution < 1.29 is 26.3 Å². The first-order chi connectivity index (χ1) is 15.4. The number of benzene rings is 2. The summed E-state index contributed by atoms with van der Waals surface area (Å²) in [7, 11) is 0. The number of nitrogens with one attached hydrogen (secondary N) is 2. The van der Waals surface area contributed by atoms with Crippen molar-refractivity contribution in [3.63, 3.8) is 0 Å². The van der Waals surface area contributed by atoms with Gasteiger partial charge in [0.15, 0.2) is 11.3 Å². The molecule has 6 nitrogen and oxygen atoms in total. The van der Waals surface area contributed by atoms with Crippen LogP contribution in [-0.2, 0) is 12.4 Å². The monoisotopic (exact) mass is 466 g/mol. The fourth-order valence-corrected chi connectivity index (χ4v) is 3.36. The summed E-state index contributed by atoms with van der Waals surface area (Å²) in [5.74, 6) is 0.341. The summed E-state index contributed by atoms with van der Waals surface area (Å²) >= 11 is 0. The third kappa shape index (κ3) is 4.41. The van der Waals surface area contributed by atoms with E-state index in [0.717, 1.165) is 28.9 Å². The molecule has 1 atom stereocenters. The predicted molar refractivity (Wildman–Crippen MR) is 109 cm³/mol. The van der Waals surface area contributed by atoms with Crippen LogP contribution in [0.2, 0.25) is 0 Å². The number of halogens is 6. The number of rotatable bonds is 3. The quantitative estimate of drug-likeness (QED) is 0.412. The SMILES string of the molecule is CC1Nc2c(ncn(/N=C\c3ccc(C(F)(F)F)cc3)c2=N)N1c1ccc(C(F)(F)F)cc1. The van der Waals surface area contributed by atoms with Crippen molar-refractivity contribution in [2.45, 2.75) is 25.4 Å². The normalized spacial score (nSPS) is 16.2. The summed E-state index contributed by atoms with van der Waals surface area (Å²) in [6.07, 6.45) is -6.75. The first kappa shape index (κ1) is 22.4. The molecule has 1 aliphatic rings. The summed E-state index contributed by atoms with van der Waals surface area (Å²) < 4.78 is 77.7. The Labute approximate surface area is 183 Å². The van der Waals surface area contributed by atoms with Crippen LogP contribution < -0.4 is 15.7 Å². The average molecular weight is 466 g/mol. The molecular weight excluding hydrogens is 450 g/mol. The minimum atomic E-state index is -4.45. The summed E-state index contributed by atoms with van der Waals surface area (Å²) in [5.41, 5.74) is -0.472. The molecule has 1 unspecified atom stereocenters. The number of anilines is 3. The Morgan fingerprint density at radius 3 is 2.03 bits per heavy atom. The molecule has 2 N–H and O–H groups in total. The molecule has 0 amide bonds. The number of alkyl halides is 6. The van der Waals surface area contributed by atoms with Crippen molar-refractivity contribution in [2.24, 2.45) is 5.10 Å². The Bertz CT molecular complexity index is 1240. The van der Waals surface area contributed by atoms with Crippen molar-refractivity contribution >= 4 is 23.4 Å². The molecule has 1 aliphatic heterocycles. The second-order valence-corrected chi connectivity index (χ2v) is 7.24. The van der Waals surface area contributed by atoms with Gasteiger partial charge >= 0.3 is 12.4 Å². The van der Waals surface area contributed by atoms with Gasteiger partial charge < -0.3 is 10.2 Å². The van der Waals surface area contributed by atoms with Gasteiger partial charge in [-0.3, -0.25) is 5.41 Å². The highest BCUT2D eigenvalue weighted by atomic mass is 19.4. The summed E-state index contributed by atoms with van der Waals surface area (Å²) in [6.45, 7) is 1.76. The second kappa shape index (κ2) is 7.94. The van der Waals surface area contributed by atoms with Gasteiger partial charge in [0.05, 0.1) is 17.3 Å². The van der Waals surface area contributed by atoms with E-state index < -0.39 is 29.6 Å². The Balaban J connectivity index is 1.60. The van der Waals surface area contributed by atoms with Gasteiger partial charge in [-0.1, -0.05) is 12.1 Å². The van der Waals surface area contributed by atoms with Crippen LogP contribution in [0.25, 0.3) is 0 Å². The lowest BCUT2D eigenvalue weighted by Gasteiger charge is -2.23. The van der Waals surface area contributed by atoms with Crippen LogP contribution in [0, 0.1) is 5.41 Å². The molecule has 0 saturated carbocycles. The molecule has 33 heavy (non-hydrogen) atoms. The van der Waals surface area contributed by atoms with Crippen LogP contribution >= 0.6 is 0 Å². The number of nitrogens with zero attached hydrogens (tertiary/aromatic N) is 4. The lowest BCUT2D eigenvalue weighted by Crippen LogP contribution is -2.28. The summed E-state index contributed by atoms with van der Waals surface area (Å²) in [6, 6.07) is 8.96. The van der Waals surface area contributed by atoms with Crippen LogP contribution in [0.4, 0.5) is 43.5 Å². The zero-order valence-electron chi connectivity index (χ0n) is 16.9. The molecule has 0 aliphatic carbocycles. The first-order valence-electron chi connectivity index (χ1n) is 9.56. The number of fused-ring (bicyclic) bond motifs is 1. The van der Waals surface area contributed by atoms with E-state index in [4.69, 9.17) is 5.41 Å². The van der Waals surface area contributed by atoms with Crippen molar-refractivity contribution in [2.75, 3.05) is 10.2 Å². The highest BCUT2D eigenvalue weighted by molar-refractivity contribution is 5.80. The molecule has 0 bridgehead atoms. The zero-order valence-corrected chi connectivity index (χ0v) is 16.9. The first-order valence-corrected chi connectivity index (χ1v) is 9.56. The van der Waals surface area contributed by atoms with E-state index in [-0.39, 0.29) is 5.49 Å².